The number of unbranched alkanes of at least 4 members (excludes halogenated alkanes) is 1. The van der Waals surface area contributed by atoms with Crippen LogP contribution in [0.5, 0.6) is 0 Å². The van der Waals surface area contributed by atoms with Gasteiger partial charge in [0.1, 0.15) is 0 Å². The Balaban J connectivity index is 3.15. The van der Waals surface area contributed by atoms with Crippen molar-refractivity contribution in [2.75, 3.05) is 13.2 Å². The highest BCUT2D eigenvalue weighted by atomic mass is 16.7. The minimum Gasteiger partial charge on any atom is -0.391 e. The Morgan fingerprint density at radius 3 is 2.42 bits per heavy atom. The van der Waals surface area contributed by atoms with Crippen molar-refractivity contribution in [1.29, 1.82) is 0 Å². The molecule has 0 unspecified atom stereocenters. The van der Waals surface area contributed by atoms with Crippen LogP contribution in [-0.4, -0.2) is 30.7 Å². The van der Waals surface area contributed by atoms with E-state index < -0.39 is 6.10 Å². The number of hydrogen-bond acceptors (Lipinski definition) is 3. The first kappa shape index (κ1) is 11.9. The van der Waals surface area contributed by atoms with E-state index in [-0.39, 0.29) is 6.29 Å². The second kappa shape index (κ2) is 7.53. The Bertz CT molecular complexity index is 93.8. The summed E-state index contributed by atoms with van der Waals surface area (Å²) < 4.78 is 10.5. The molecule has 0 spiro atoms. The lowest BCUT2D eigenvalue weighted by atomic mass is 10.4. The number of hydrogen-bond donors (Lipinski definition) is 1. The first-order valence-electron chi connectivity index (χ1n) is 4.58. The SMILES string of the molecule is CCCCO[C@@H](C)OC[C@H](C)O. The Labute approximate surface area is 74.7 Å². The Morgan fingerprint density at radius 2 is 1.92 bits per heavy atom. The number of ether oxygens (including phenoxy) is 2. The molecule has 1 N–H and O–H groups in total. The van der Waals surface area contributed by atoms with Crippen molar-refractivity contribution in [2.45, 2.75) is 46.0 Å². The maximum atomic E-state index is 8.89. The van der Waals surface area contributed by atoms with Crippen LogP contribution < -0.4 is 0 Å². The fourth-order valence-electron chi connectivity index (χ4n) is 0.717. The second-order valence-electron chi connectivity index (χ2n) is 2.97. The van der Waals surface area contributed by atoms with Crippen molar-refractivity contribution in [3.8, 4) is 0 Å². The summed E-state index contributed by atoms with van der Waals surface area (Å²) in [7, 11) is 0. The van der Waals surface area contributed by atoms with Gasteiger partial charge in [0.2, 0.25) is 0 Å². The van der Waals surface area contributed by atoms with E-state index in [4.69, 9.17) is 14.6 Å². The monoisotopic (exact) mass is 176 g/mol. The van der Waals surface area contributed by atoms with E-state index in [0.29, 0.717) is 6.61 Å². The van der Waals surface area contributed by atoms with Crippen LogP contribution in [0, 0.1) is 0 Å². The zero-order chi connectivity index (χ0) is 9.40. The first-order chi connectivity index (χ1) is 5.66. The largest absolute Gasteiger partial charge is 0.391 e. The Hall–Kier alpha value is -0.120. The summed E-state index contributed by atoms with van der Waals surface area (Å²) >= 11 is 0. The zero-order valence-electron chi connectivity index (χ0n) is 8.25. The van der Waals surface area contributed by atoms with Crippen LogP contribution in [0.1, 0.15) is 33.6 Å². The molecule has 0 saturated carbocycles. The quantitative estimate of drug-likeness (QED) is 0.472. The van der Waals surface area contributed by atoms with Crippen molar-refractivity contribution >= 4 is 0 Å². The highest BCUT2D eigenvalue weighted by Gasteiger charge is 2.03. The van der Waals surface area contributed by atoms with Crippen LogP contribution in [0.25, 0.3) is 0 Å². The summed E-state index contributed by atoms with van der Waals surface area (Å²) in [6.45, 7) is 6.73. The van der Waals surface area contributed by atoms with Crippen LogP contribution in [0.3, 0.4) is 0 Å². The molecule has 0 rings (SSSR count). The van der Waals surface area contributed by atoms with E-state index in [1.54, 1.807) is 6.92 Å². The Morgan fingerprint density at radius 1 is 1.25 bits per heavy atom. The smallest absolute Gasteiger partial charge is 0.154 e. The van der Waals surface area contributed by atoms with Gasteiger partial charge in [0.15, 0.2) is 6.29 Å². The molecule has 0 bridgehead atoms. The maximum absolute atomic E-state index is 8.89. The van der Waals surface area contributed by atoms with Gasteiger partial charge in [-0.1, -0.05) is 13.3 Å². The highest BCUT2D eigenvalue weighted by molar-refractivity contribution is 4.42. The molecule has 3 nitrogen and oxygen atoms in total. The van der Waals surface area contributed by atoms with Gasteiger partial charge in [0.25, 0.3) is 0 Å². The van der Waals surface area contributed by atoms with Gasteiger partial charge in [0, 0.05) is 6.61 Å². The molecule has 0 aromatic carbocycles. The molecule has 0 aromatic heterocycles. The average molecular weight is 176 g/mol. The minimum atomic E-state index is -0.415. The van der Waals surface area contributed by atoms with Crippen LogP contribution in [0.15, 0.2) is 0 Å². The summed E-state index contributed by atoms with van der Waals surface area (Å²) in [5.41, 5.74) is 0. The lowest BCUT2D eigenvalue weighted by Gasteiger charge is -2.14. The average Bonchev–Trinajstić information content (AvgIpc) is 2.01. The fraction of sp³-hybridized carbons (Fsp3) is 1.00. The van der Waals surface area contributed by atoms with Crippen LogP contribution >= 0.6 is 0 Å². The van der Waals surface area contributed by atoms with Gasteiger partial charge in [-0.2, -0.15) is 0 Å². The number of rotatable bonds is 7. The van der Waals surface area contributed by atoms with Gasteiger partial charge in [-0.05, 0) is 20.3 Å². The third-order valence-electron chi connectivity index (χ3n) is 1.42. The third kappa shape index (κ3) is 7.98. The summed E-state index contributed by atoms with van der Waals surface area (Å²) in [6.07, 6.45) is 1.57. The molecule has 0 aliphatic carbocycles. The molecule has 3 heteroatoms. The van der Waals surface area contributed by atoms with Gasteiger partial charge in [-0.25, -0.2) is 0 Å². The first-order valence-corrected chi connectivity index (χ1v) is 4.58. The number of aliphatic hydroxyl groups excluding tert-OH is 1. The van der Waals surface area contributed by atoms with E-state index >= 15 is 0 Å². The lowest BCUT2D eigenvalue weighted by molar-refractivity contribution is -0.145. The van der Waals surface area contributed by atoms with Gasteiger partial charge >= 0.3 is 0 Å². The standard InChI is InChI=1S/C9H20O3/c1-4-5-6-11-9(3)12-7-8(2)10/h8-10H,4-7H2,1-3H3/t8-,9+/m0/s1. The molecule has 0 fully saturated rings. The Kier molecular flexibility index (Phi) is 7.45. The molecule has 0 aliphatic heterocycles. The van der Waals surface area contributed by atoms with E-state index in [0.717, 1.165) is 19.4 Å². The highest BCUT2D eigenvalue weighted by Crippen LogP contribution is 1.97. The van der Waals surface area contributed by atoms with E-state index in [9.17, 15) is 0 Å². The minimum absolute atomic E-state index is 0.203. The van der Waals surface area contributed by atoms with E-state index in [1.807, 2.05) is 6.92 Å². The predicted octanol–water partition coefficient (Wildman–Crippen LogP) is 1.55. The van der Waals surface area contributed by atoms with Crippen molar-refractivity contribution in [2.24, 2.45) is 0 Å². The summed E-state index contributed by atoms with van der Waals surface area (Å²) in [4.78, 5) is 0. The summed E-state index contributed by atoms with van der Waals surface area (Å²) in [5, 5.41) is 8.89. The summed E-state index contributed by atoms with van der Waals surface area (Å²) in [6, 6.07) is 0. The molecule has 0 radical (unpaired) electrons. The molecule has 0 aliphatic rings. The van der Waals surface area contributed by atoms with Crippen molar-refractivity contribution in [1.82, 2.24) is 0 Å². The van der Waals surface area contributed by atoms with Crippen LogP contribution in [0.4, 0.5) is 0 Å². The summed E-state index contributed by atoms with van der Waals surface area (Å²) in [5.74, 6) is 0. The van der Waals surface area contributed by atoms with Gasteiger partial charge in [0.05, 0.1) is 12.7 Å². The third-order valence-corrected chi connectivity index (χ3v) is 1.42. The van der Waals surface area contributed by atoms with Gasteiger partial charge in [-0.3, -0.25) is 0 Å². The molecule has 0 amide bonds. The van der Waals surface area contributed by atoms with Gasteiger partial charge in [-0.15, -0.1) is 0 Å². The lowest BCUT2D eigenvalue weighted by Crippen LogP contribution is -2.19. The van der Waals surface area contributed by atoms with Crippen LogP contribution in [-0.2, 0) is 9.47 Å². The number of aliphatic hydroxyl groups is 1. The van der Waals surface area contributed by atoms with Gasteiger partial charge < -0.3 is 14.6 Å². The molecular formula is C9H20O3. The molecule has 12 heavy (non-hydrogen) atoms. The molecular weight excluding hydrogens is 156 g/mol. The van der Waals surface area contributed by atoms with E-state index in [1.165, 1.54) is 0 Å². The molecule has 2 atom stereocenters. The van der Waals surface area contributed by atoms with Crippen molar-refractivity contribution in [3.05, 3.63) is 0 Å². The van der Waals surface area contributed by atoms with Crippen LogP contribution in [0.2, 0.25) is 0 Å². The molecule has 74 valence electrons. The van der Waals surface area contributed by atoms with E-state index in [2.05, 4.69) is 6.92 Å². The fourth-order valence-corrected chi connectivity index (χ4v) is 0.717. The topological polar surface area (TPSA) is 38.7 Å². The normalized spacial score (nSPS) is 16.0. The second-order valence-corrected chi connectivity index (χ2v) is 2.97. The maximum Gasteiger partial charge on any atom is 0.154 e. The van der Waals surface area contributed by atoms with Crippen molar-refractivity contribution < 1.29 is 14.6 Å². The van der Waals surface area contributed by atoms with Crippen molar-refractivity contribution in [3.63, 3.8) is 0 Å². The zero-order valence-corrected chi connectivity index (χ0v) is 8.25. The molecule has 0 heterocycles. The molecule has 0 saturated heterocycles. The predicted molar refractivity (Wildman–Crippen MR) is 48.0 cm³/mol. The molecule has 0 aromatic rings.